The van der Waals surface area contributed by atoms with Crippen LogP contribution >= 0.6 is 0 Å². The number of nitriles is 1. The number of hydrogen-bond donors (Lipinski definition) is 2. The van der Waals surface area contributed by atoms with E-state index in [-0.39, 0.29) is 42.1 Å². The first-order valence-electron chi connectivity index (χ1n) is 15.1. The summed E-state index contributed by atoms with van der Waals surface area (Å²) >= 11 is 0. The van der Waals surface area contributed by atoms with Crippen LogP contribution in [0.1, 0.15) is 41.4 Å². The standard InChI is InChI=1S/C34H35F2N7O3/c1-22-40-30-5-3-4-29(33(30)34(46)43(22)26(21-44)9-11-32(45)38-2)39-19-25-8-6-24(17-27(25)35)20-41-12-14-42(15-13-41)31-10-7-23(18-37)16-28(31)36/h3-8,10,16-17,21,26,39H,9,11-15,19-20H2,1-2H3,(H,38,45). The van der Waals surface area contributed by atoms with E-state index >= 15 is 4.39 Å². The first kappa shape index (κ1) is 32.2. The first-order valence-corrected chi connectivity index (χ1v) is 15.1. The van der Waals surface area contributed by atoms with Gasteiger partial charge in [-0.15, -0.1) is 0 Å². The third kappa shape index (κ3) is 7.05. The van der Waals surface area contributed by atoms with Crippen LogP contribution in [0.4, 0.5) is 20.2 Å². The molecule has 1 amide bonds. The van der Waals surface area contributed by atoms with Gasteiger partial charge in [-0.1, -0.05) is 18.2 Å². The molecule has 1 fully saturated rings. The van der Waals surface area contributed by atoms with Gasteiger partial charge in [-0.05, 0) is 55.3 Å². The maximum atomic E-state index is 15.3. The largest absolute Gasteiger partial charge is 0.380 e. The average molecular weight is 628 g/mol. The highest BCUT2D eigenvalue weighted by molar-refractivity contribution is 5.90. The minimum absolute atomic E-state index is 0.0772. The van der Waals surface area contributed by atoms with Gasteiger partial charge in [0.2, 0.25) is 5.91 Å². The van der Waals surface area contributed by atoms with Gasteiger partial charge in [0, 0.05) is 64.0 Å². The molecule has 2 N–H and O–H groups in total. The van der Waals surface area contributed by atoms with E-state index in [1.165, 1.54) is 23.7 Å². The lowest BCUT2D eigenvalue weighted by Crippen LogP contribution is -2.46. The van der Waals surface area contributed by atoms with E-state index in [0.29, 0.717) is 67.3 Å². The van der Waals surface area contributed by atoms with Crippen molar-refractivity contribution in [2.45, 2.75) is 38.9 Å². The minimum Gasteiger partial charge on any atom is -0.380 e. The molecular formula is C34H35F2N7O3. The molecule has 1 saturated heterocycles. The Labute approximate surface area is 265 Å². The van der Waals surface area contributed by atoms with Crippen molar-refractivity contribution >= 4 is 34.5 Å². The summed E-state index contributed by atoms with van der Waals surface area (Å²) in [6, 6.07) is 15.8. The zero-order valence-electron chi connectivity index (χ0n) is 25.7. The number of carbonyl (C=O) groups is 2. The van der Waals surface area contributed by atoms with Gasteiger partial charge in [-0.25, -0.2) is 13.8 Å². The van der Waals surface area contributed by atoms with Gasteiger partial charge < -0.3 is 20.3 Å². The van der Waals surface area contributed by atoms with Crippen LogP contribution in [0, 0.1) is 29.9 Å². The van der Waals surface area contributed by atoms with Crippen molar-refractivity contribution in [2.24, 2.45) is 0 Å². The molecule has 4 aromatic rings. The number of aldehydes is 1. The van der Waals surface area contributed by atoms with E-state index in [0.717, 1.165) is 5.56 Å². The molecule has 3 aromatic carbocycles. The highest BCUT2D eigenvalue weighted by atomic mass is 19.1. The highest BCUT2D eigenvalue weighted by Crippen LogP contribution is 2.24. The number of aryl methyl sites for hydroxylation is 1. The van der Waals surface area contributed by atoms with Crippen LogP contribution in [-0.2, 0) is 22.7 Å². The smallest absolute Gasteiger partial charge is 0.264 e. The Kier molecular flexibility index (Phi) is 10.0. The Morgan fingerprint density at radius 1 is 1.09 bits per heavy atom. The van der Waals surface area contributed by atoms with E-state index < -0.39 is 17.4 Å². The number of carbonyl (C=O) groups excluding carboxylic acids is 2. The summed E-state index contributed by atoms with van der Waals surface area (Å²) in [6.45, 7) is 4.86. The summed E-state index contributed by atoms with van der Waals surface area (Å²) in [7, 11) is 1.51. The molecular weight excluding hydrogens is 592 g/mol. The molecule has 0 saturated carbocycles. The summed E-state index contributed by atoms with van der Waals surface area (Å²) < 4.78 is 31.0. The molecule has 0 aliphatic carbocycles. The van der Waals surface area contributed by atoms with E-state index in [9.17, 15) is 18.8 Å². The SMILES string of the molecule is CNC(=O)CCC(C=O)n1c(C)nc2cccc(NCc3ccc(CN4CCN(c5ccc(C#N)cc5F)CC4)cc3F)c2c1=O. The molecule has 2 heterocycles. The fraction of sp³-hybridized carbons (Fsp3) is 0.324. The number of hydrogen-bond acceptors (Lipinski definition) is 8. The van der Waals surface area contributed by atoms with Gasteiger partial charge in [-0.3, -0.25) is 19.1 Å². The highest BCUT2D eigenvalue weighted by Gasteiger charge is 2.22. The molecule has 0 bridgehead atoms. The Balaban J connectivity index is 1.25. The quantitative estimate of drug-likeness (QED) is 0.239. The molecule has 238 valence electrons. The number of rotatable bonds is 11. The van der Waals surface area contributed by atoms with Crippen LogP contribution in [0.25, 0.3) is 10.9 Å². The Bertz CT molecular complexity index is 1860. The first-order chi connectivity index (χ1) is 22.2. The van der Waals surface area contributed by atoms with Crippen molar-refractivity contribution in [3.8, 4) is 6.07 Å². The third-order valence-corrected chi connectivity index (χ3v) is 8.32. The second-order valence-electron chi connectivity index (χ2n) is 11.3. The van der Waals surface area contributed by atoms with Gasteiger partial charge in [0.1, 0.15) is 23.7 Å². The normalized spacial score (nSPS) is 14.1. The van der Waals surface area contributed by atoms with Crippen molar-refractivity contribution in [1.29, 1.82) is 5.26 Å². The summed E-state index contributed by atoms with van der Waals surface area (Å²) in [6.07, 6.45) is 0.871. The lowest BCUT2D eigenvalue weighted by molar-refractivity contribution is -0.121. The number of aromatic nitrogens is 2. The maximum absolute atomic E-state index is 15.3. The molecule has 0 radical (unpaired) electrons. The van der Waals surface area contributed by atoms with Gasteiger partial charge in [0.05, 0.1) is 34.3 Å². The van der Waals surface area contributed by atoms with Crippen LogP contribution in [0.5, 0.6) is 0 Å². The topological polar surface area (TPSA) is 123 Å². The van der Waals surface area contributed by atoms with Crippen molar-refractivity contribution in [3.63, 3.8) is 0 Å². The number of benzene rings is 3. The molecule has 1 aromatic heterocycles. The molecule has 46 heavy (non-hydrogen) atoms. The summed E-state index contributed by atoms with van der Waals surface area (Å²) in [4.78, 5) is 46.0. The monoisotopic (exact) mass is 627 g/mol. The molecule has 12 heteroatoms. The number of nitrogens with one attached hydrogen (secondary N) is 2. The van der Waals surface area contributed by atoms with Gasteiger partial charge in [0.15, 0.2) is 0 Å². The van der Waals surface area contributed by atoms with Gasteiger partial charge in [-0.2, -0.15) is 5.26 Å². The summed E-state index contributed by atoms with van der Waals surface area (Å²) in [5.74, 6) is -0.679. The number of anilines is 2. The molecule has 10 nitrogen and oxygen atoms in total. The van der Waals surface area contributed by atoms with E-state index in [1.54, 1.807) is 43.3 Å². The predicted octanol–water partition coefficient (Wildman–Crippen LogP) is 4.06. The third-order valence-electron chi connectivity index (χ3n) is 8.32. The van der Waals surface area contributed by atoms with Crippen molar-refractivity contribution < 1.29 is 18.4 Å². The minimum atomic E-state index is -0.861. The fourth-order valence-electron chi connectivity index (χ4n) is 5.81. The molecule has 5 rings (SSSR count). The van der Waals surface area contributed by atoms with Crippen LogP contribution in [0.2, 0.25) is 0 Å². The maximum Gasteiger partial charge on any atom is 0.264 e. The Morgan fingerprint density at radius 2 is 1.87 bits per heavy atom. The van der Waals surface area contributed by atoms with Gasteiger partial charge >= 0.3 is 0 Å². The number of piperazine rings is 1. The summed E-state index contributed by atoms with van der Waals surface area (Å²) in [5, 5.41) is 14.9. The summed E-state index contributed by atoms with van der Waals surface area (Å²) in [5.41, 5.74) is 2.46. The zero-order chi connectivity index (χ0) is 32.8. The predicted molar refractivity (Wildman–Crippen MR) is 171 cm³/mol. The number of nitrogens with zero attached hydrogens (tertiary/aromatic N) is 5. The number of halogens is 2. The molecule has 1 unspecified atom stereocenters. The molecule has 1 aliphatic rings. The van der Waals surface area contributed by atoms with E-state index in [2.05, 4.69) is 20.5 Å². The number of fused-ring (bicyclic) bond motifs is 1. The van der Waals surface area contributed by atoms with Crippen LogP contribution in [0.15, 0.2) is 59.4 Å². The van der Waals surface area contributed by atoms with Gasteiger partial charge in [0.25, 0.3) is 5.56 Å². The Morgan fingerprint density at radius 3 is 2.54 bits per heavy atom. The van der Waals surface area contributed by atoms with E-state index in [1.807, 2.05) is 17.0 Å². The Hall–Kier alpha value is -5.15. The van der Waals surface area contributed by atoms with Crippen molar-refractivity contribution in [3.05, 3.63) is 99.1 Å². The van der Waals surface area contributed by atoms with Crippen molar-refractivity contribution in [2.75, 3.05) is 43.4 Å². The fourth-order valence-corrected chi connectivity index (χ4v) is 5.81. The molecule has 1 atom stereocenters. The van der Waals surface area contributed by atoms with Crippen LogP contribution in [-0.4, -0.2) is 59.9 Å². The number of amides is 1. The van der Waals surface area contributed by atoms with Crippen LogP contribution < -0.4 is 21.1 Å². The molecule has 1 aliphatic heterocycles. The van der Waals surface area contributed by atoms with Crippen molar-refractivity contribution in [1.82, 2.24) is 19.8 Å². The second-order valence-corrected chi connectivity index (χ2v) is 11.3. The lowest BCUT2D eigenvalue weighted by Gasteiger charge is -2.36. The molecule has 0 spiro atoms. The second kappa shape index (κ2) is 14.3. The van der Waals surface area contributed by atoms with Crippen LogP contribution in [0.3, 0.4) is 0 Å². The lowest BCUT2D eigenvalue weighted by atomic mass is 10.1. The zero-order valence-corrected chi connectivity index (χ0v) is 25.7. The van der Waals surface area contributed by atoms with E-state index in [4.69, 9.17) is 5.26 Å². The average Bonchev–Trinajstić information content (AvgIpc) is 3.05.